The Morgan fingerprint density at radius 1 is 1.52 bits per heavy atom. The van der Waals surface area contributed by atoms with Gasteiger partial charge in [-0.05, 0) is 25.0 Å². The first kappa shape index (κ1) is 15.4. The molecule has 0 aliphatic carbocycles. The van der Waals surface area contributed by atoms with Crippen molar-refractivity contribution in [3.05, 3.63) is 30.1 Å². The molecule has 6 nitrogen and oxygen atoms in total. The molecule has 0 bridgehead atoms. The third-order valence-corrected chi connectivity index (χ3v) is 3.48. The fourth-order valence-electron chi connectivity index (χ4n) is 2.31. The van der Waals surface area contributed by atoms with E-state index in [1.54, 1.807) is 23.2 Å². The van der Waals surface area contributed by atoms with Crippen molar-refractivity contribution >= 4 is 11.8 Å². The van der Waals surface area contributed by atoms with Crippen LogP contribution in [0.5, 0.6) is 0 Å². The molecule has 1 aliphatic rings. The van der Waals surface area contributed by atoms with Gasteiger partial charge >= 0.3 is 0 Å². The van der Waals surface area contributed by atoms with Crippen LogP contribution in [0.1, 0.15) is 30.1 Å². The van der Waals surface area contributed by atoms with Crippen LogP contribution in [0.25, 0.3) is 0 Å². The third kappa shape index (κ3) is 4.82. The van der Waals surface area contributed by atoms with E-state index in [4.69, 9.17) is 4.74 Å². The molecular formula is C15H21N3O3. The minimum atomic E-state index is -0.177. The molecule has 1 saturated heterocycles. The van der Waals surface area contributed by atoms with Crippen LogP contribution in [0, 0.1) is 0 Å². The Labute approximate surface area is 124 Å². The minimum absolute atomic E-state index is 0.00104. The van der Waals surface area contributed by atoms with Gasteiger partial charge in [0.2, 0.25) is 5.91 Å². The first-order valence-electron chi connectivity index (χ1n) is 7.22. The fourth-order valence-corrected chi connectivity index (χ4v) is 2.31. The maximum absolute atomic E-state index is 11.9. The van der Waals surface area contributed by atoms with Gasteiger partial charge in [-0.1, -0.05) is 0 Å². The van der Waals surface area contributed by atoms with Crippen molar-refractivity contribution in [3.63, 3.8) is 0 Å². The van der Waals surface area contributed by atoms with Crippen LogP contribution in [0.2, 0.25) is 0 Å². The van der Waals surface area contributed by atoms with Crippen LogP contribution in [0.3, 0.4) is 0 Å². The van der Waals surface area contributed by atoms with Crippen molar-refractivity contribution in [2.24, 2.45) is 0 Å². The van der Waals surface area contributed by atoms with Gasteiger partial charge in [0.25, 0.3) is 5.91 Å². The average molecular weight is 291 g/mol. The van der Waals surface area contributed by atoms with E-state index in [0.717, 1.165) is 19.4 Å². The molecule has 114 valence electrons. The quantitative estimate of drug-likeness (QED) is 0.843. The topological polar surface area (TPSA) is 71.5 Å². The van der Waals surface area contributed by atoms with E-state index in [1.165, 1.54) is 13.1 Å². The summed E-state index contributed by atoms with van der Waals surface area (Å²) in [7, 11) is 0. The highest BCUT2D eigenvalue weighted by molar-refractivity contribution is 5.93. The highest BCUT2D eigenvalue weighted by Crippen LogP contribution is 2.13. The normalized spacial score (nSPS) is 17.5. The predicted octanol–water partition coefficient (Wildman–Crippen LogP) is 0.839. The molecule has 0 aromatic carbocycles. The van der Waals surface area contributed by atoms with Gasteiger partial charge < -0.3 is 15.0 Å². The Hall–Kier alpha value is -1.95. The molecule has 0 spiro atoms. The molecule has 6 heteroatoms. The number of ether oxygens (including phenoxy) is 1. The van der Waals surface area contributed by atoms with Gasteiger partial charge in [-0.3, -0.25) is 14.6 Å². The maximum atomic E-state index is 11.9. The molecule has 1 atom stereocenters. The second-order valence-corrected chi connectivity index (χ2v) is 5.10. The number of carbonyl (C=O) groups excluding carboxylic acids is 2. The van der Waals surface area contributed by atoms with E-state index >= 15 is 0 Å². The zero-order valence-electron chi connectivity index (χ0n) is 12.2. The van der Waals surface area contributed by atoms with Crippen LogP contribution >= 0.6 is 0 Å². The van der Waals surface area contributed by atoms with Gasteiger partial charge in [-0.25, -0.2) is 0 Å². The summed E-state index contributed by atoms with van der Waals surface area (Å²) >= 11 is 0. The summed E-state index contributed by atoms with van der Waals surface area (Å²) in [5, 5.41) is 2.80. The van der Waals surface area contributed by atoms with E-state index in [-0.39, 0.29) is 17.9 Å². The summed E-state index contributed by atoms with van der Waals surface area (Å²) < 4.78 is 5.54. The molecule has 1 aromatic heterocycles. The Bertz CT molecular complexity index is 472. The second kappa shape index (κ2) is 7.73. The lowest BCUT2D eigenvalue weighted by atomic mass is 10.2. The van der Waals surface area contributed by atoms with Crippen molar-refractivity contribution < 1.29 is 14.3 Å². The zero-order valence-corrected chi connectivity index (χ0v) is 12.2. The van der Waals surface area contributed by atoms with Gasteiger partial charge in [-0.2, -0.15) is 0 Å². The van der Waals surface area contributed by atoms with Gasteiger partial charge in [0.15, 0.2) is 0 Å². The number of rotatable bonds is 6. The summed E-state index contributed by atoms with van der Waals surface area (Å²) in [4.78, 5) is 29.1. The lowest BCUT2D eigenvalue weighted by Gasteiger charge is -2.24. The van der Waals surface area contributed by atoms with Crippen LogP contribution < -0.4 is 5.32 Å². The second-order valence-electron chi connectivity index (χ2n) is 5.10. The largest absolute Gasteiger partial charge is 0.376 e. The first-order valence-corrected chi connectivity index (χ1v) is 7.22. The molecule has 2 rings (SSSR count). The lowest BCUT2D eigenvalue weighted by molar-refractivity contribution is -0.130. The molecule has 1 aliphatic heterocycles. The van der Waals surface area contributed by atoms with E-state index in [0.29, 0.717) is 25.2 Å². The SMILES string of the molecule is CC(=O)N(CCNC(=O)c1cccnc1)CC1CCCO1. The summed E-state index contributed by atoms with van der Waals surface area (Å²) in [5.41, 5.74) is 0.519. The summed E-state index contributed by atoms with van der Waals surface area (Å²) in [6, 6.07) is 3.42. The van der Waals surface area contributed by atoms with Gasteiger partial charge in [-0.15, -0.1) is 0 Å². The molecule has 1 fully saturated rings. The molecule has 0 saturated carbocycles. The van der Waals surface area contributed by atoms with Crippen molar-refractivity contribution in [1.29, 1.82) is 0 Å². The molecule has 1 N–H and O–H groups in total. The highest BCUT2D eigenvalue weighted by Gasteiger charge is 2.20. The standard InChI is InChI=1S/C15H21N3O3/c1-12(19)18(11-14-5-3-9-21-14)8-7-17-15(20)13-4-2-6-16-10-13/h2,4,6,10,14H,3,5,7-9,11H2,1H3,(H,17,20). The number of nitrogens with zero attached hydrogens (tertiary/aromatic N) is 2. The van der Waals surface area contributed by atoms with Crippen molar-refractivity contribution in [3.8, 4) is 0 Å². The lowest BCUT2D eigenvalue weighted by Crippen LogP contribution is -2.41. The molecule has 21 heavy (non-hydrogen) atoms. The van der Waals surface area contributed by atoms with Crippen LogP contribution in [-0.4, -0.2) is 54.0 Å². The average Bonchev–Trinajstić information content (AvgIpc) is 3.00. The number of pyridine rings is 1. The number of hydrogen-bond donors (Lipinski definition) is 1. The zero-order chi connectivity index (χ0) is 15.1. The number of nitrogens with one attached hydrogen (secondary N) is 1. The smallest absolute Gasteiger partial charge is 0.252 e. The van der Waals surface area contributed by atoms with Crippen LogP contribution in [0.4, 0.5) is 0 Å². The number of amides is 2. The van der Waals surface area contributed by atoms with Crippen LogP contribution in [-0.2, 0) is 9.53 Å². The van der Waals surface area contributed by atoms with E-state index < -0.39 is 0 Å². The van der Waals surface area contributed by atoms with Gasteiger partial charge in [0.1, 0.15) is 0 Å². The monoisotopic (exact) mass is 291 g/mol. The highest BCUT2D eigenvalue weighted by atomic mass is 16.5. The van der Waals surface area contributed by atoms with Crippen molar-refractivity contribution in [1.82, 2.24) is 15.2 Å². The predicted molar refractivity (Wildman–Crippen MR) is 77.8 cm³/mol. The Morgan fingerprint density at radius 3 is 3.00 bits per heavy atom. The van der Waals surface area contributed by atoms with Crippen molar-refractivity contribution in [2.75, 3.05) is 26.2 Å². The summed E-state index contributed by atoms with van der Waals surface area (Å²) in [6.45, 7) is 3.81. The minimum Gasteiger partial charge on any atom is -0.376 e. The van der Waals surface area contributed by atoms with E-state index in [1.807, 2.05) is 0 Å². The summed E-state index contributed by atoms with van der Waals surface area (Å²) in [6.07, 6.45) is 5.31. The van der Waals surface area contributed by atoms with Gasteiger partial charge in [0.05, 0.1) is 11.7 Å². The van der Waals surface area contributed by atoms with Crippen LogP contribution in [0.15, 0.2) is 24.5 Å². The molecule has 1 unspecified atom stereocenters. The Kier molecular flexibility index (Phi) is 5.68. The number of hydrogen-bond acceptors (Lipinski definition) is 4. The number of aromatic nitrogens is 1. The number of carbonyl (C=O) groups is 2. The molecule has 2 amide bonds. The first-order chi connectivity index (χ1) is 10.2. The molecule has 2 heterocycles. The Morgan fingerprint density at radius 2 is 2.38 bits per heavy atom. The Balaban J connectivity index is 1.76. The molecular weight excluding hydrogens is 270 g/mol. The molecule has 0 radical (unpaired) electrons. The van der Waals surface area contributed by atoms with E-state index in [2.05, 4.69) is 10.3 Å². The fraction of sp³-hybridized carbons (Fsp3) is 0.533. The maximum Gasteiger partial charge on any atom is 0.252 e. The van der Waals surface area contributed by atoms with Gasteiger partial charge in [0, 0.05) is 45.6 Å². The van der Waals surface area contributed by atoms with Crippen molar-refractivity contribution in [2.45, 2.75) is 25.9 Å². The van der Waals surface area contributed by atoms with E-state index in [9.17, 15) is 9.59 Å². The molecule has 1 aromatic rings. The third-order valence-electron chi connectivity index (χ3n) is 3.48. The summed E-state index contributed by atoms with van der Waals surface area (Å²) in [5.74, 6) is -0.176.